The Morgan fingerprint density at radius 2 is 1.62 bits per heavy atom. The lowest BCUT2D eigenvalue weighted by atomic mass is 9.85. The van der Waals surface area contributed by atoms with Gasteiger partial charge in [0.1, 0.15) is 35.1 Å². The number of nitrogens with one attached hydrogen (secondary N) is 3. The fourth-order valence-corrected chi connectivity index (χ4v) is 10.8. The number of halogens is 3. The molecule has 0 spiro atoms. The molecule has 1 fully saturated rings. The van der Waals surface area contributed by atoms with Crippen LogP contribution >= 0.6 is 11.3 Å². The van der Waals surface area contributed by atoms with Gasteiger partial charge in [-0.25, -0.2) is 18.2 Å². The van der Waals surface area contributed by atoms with Crippen molar-refractivity contribution in [1.29, 1.82) is 0 Å². The molecule has 71 heavy (non-hydrogen) atoms. The molecule has 2 aromatic heterocycles. The number of hydrogen-bond acceptors (Lipinski definition) is 9. The number of aromatic amines is 1. The SMILES string of the molecule is Cc1ncsc1-c1ccc(C(C)NC(=O)[C@@H]2C[C@@H](O)CN2C(=O)C(NC(=O)CCOCCCCCCCOc2cc(F)c([C@@H]3c4[nH]c5ccccc5c4C[C@@H](C)N3CC(C)(C)F)c(F)c2)C(C)(C)C)cc1. The number of thiazole rings is 1. The Bertz CT molecular complexity index is 2600. The number of carbonyl (C=O) groups excluding carboxylic acids is 3. The van der Waals surface area contributed by atoms with Gasteiger partial charge in [0.15, 0.2) is 0 Å². The van der Waals surface area contributed by atoms with E-state index < -0.39 is 52.9 Å². The molecular weight excluding hydrogens is 930 g/mol. The molecule has 1 saturated heterocycles. The molecule has 7 rings (SSSR count). The molecule has 0 radical (unpaired) electrons. The van der Waals surface area contributed by atoms with Crippen molar-refractivity contribution in [3.63, 3.8) is 0 Å². The summed E-state index contributed by atoms with van der Waals surface area (Å²) in [6.45, 7) is 15.2. The summed E-state index contributed by atoms with van der Waals surface area (Å²) in [6.07, 6.45) is 3.94. The molecule has 12 nitrogen and oxygen atoms in total. The van der Waals surface area contributed by atoms with E-state index >= 15 is 13.2 Å². The van der Waals surface area contributed by atoms with Crippen LogP contribution in [0, 0.1) is 24.0 Å². The van der Waals surface area contributed by atoms with Crippen LogP contribution in [-0.4, -0.2) is 105 Å². The third-order valence-electron chi connectivity index (χ3n) is 13.6. The number of aryl methyl sites for hydroxylation is 1. The quantitative estimate of drug-likeness (QED) is 0.0531. The summed E-state index contributed by atoms with van der Waals surface area (Å²) < 4.78 is 58.9. The molecule has 0 aliphatic carbocycles. The lowest BCUT2D eigenvalue weighted by Crippen LogP contribution is -2.58. The van der Waals surface area contributed by atoms with Gasteiger partial charge in [-0.05, 0) is 82.1 Å². The van der Waals surface area contributed by atoms with Crippen molar-refractivity contribution in [2.45, 2.75) is 149 Å². The average molecular weight is 1000 g/mol. The van der Waals surface area contributed by atoms with Crippen LogP contribution < -0.4 is 15.4 Å². The van der Waals surface area contributed by atoms with Crippen molar-refractivity contribution < 1.29 is 42.1 Å². The van der Waals surface area contributed by atoms with Crippen molar-refractivity contribution in [1.82, 2.24) is 30.4 Å². The second-order valence-corrected chi connectivity index (χ2v) is 21.9. The minimum atomic E-state index is -1.59. The van der Waals surface area contributed by atoms with E-state index in [1.54, 1.807) is 11.3 Å². The Morgan fingerprint density at radius 3 is 2.28 bits per heavy atom. The Balaban J connectivity index is 0.815. The van der Waals surface area contributed by atoms with Crippen LogP contribution in [0.4, 0.5) is 13.2 Å². The highest BCUT2D eigenvalue weighted by atomic mass is 32.1. The fourth-order valence-electron chi connectivity index (χ4n) is 9.95. The van der Waals surface area contributed by atoms with Crippen LogP contribution in [0.25, 0.3) is 21.3 Å². The zero-order chi connectivity index (χ0) is 51.2. The third kappa shape index (κ3) is 13.2. The molecule has 0 saturated carbocycles. The first-order valence-electron chi connectivity index (χ1n) is 25.0. The average Bonchev–Trinajstić information content (AvgIpc) is 4.03. The number of amides is 3. The van der Waals surface area contributed by atoms with Gasteiger partial charge in [-0.1, -0.05) is 82.5 Å². The first-order valence-corrected chi connectivity index (χ1v) is 25.9. The second-order valence-electron chi connectivity index (χ2n) is 21.1. The number of fused-ring (bicyclic) bond motifs is 3. The number of aliphatic hydroxyl groups excluding tert-OH is 1. The molecule has 2 unspecified atom stereocenters. The molecule has 3 aromatic carbocycles. The van der Waals surface area contributed by atoms with Gasteiger partial charge in [-0.3, -0.25) is 19.3 Å². The minimum Gasteiger partial charge on any atom is -0.493 e. The number of nitrogens with zero attached hydrogens (tertiary/aromatic N) is 3. The summed E-state index contributed by atoms with van der Waals surface area (Å²) in [6, 6.07) is 15.0. The topological polar surface area (TPSA) is 149 Å². The van der Waals surface area contributed by atoms with Crippen LogP contribution in [0.1, 0.15) is 134 Å². The Hall–Kier alpha value is -5.29. The molecule has 16 heteroatoms. The first kappa shape index (κ1) is 53.5. The fraction of sp³-hybridized carbons (Fsp3) is 0.527. The number of ether oxygens (including phenoxy) is 2. The van der Waals surface area contributed by atoms with Gasteiger partial charge in [-0.15, -0.1) is 11.3 Å². The van der Waals surface area contributed by atoms with Gasteiger partial charge in [0.05, 0.1) is 47.5 Å². The molecule has 384 valence electrons. The molecular formula is C55H71F3N6O6S. The van der Waals surface area contributed by atoms with Gasteiger partial charge >= 0.3 is 0 Å². The van der Waals surface area contributed by atoms with Gasteiger partial charge in [0, 0.05) is 72.9 Å². The van der Waals surface area contributed by atoms with Crippen LogP contribution in [0.5, 0.6) is 5.75 Å². The largest absolute Gasteiger partial charge is 0.493 e. The lowest BCUT2D eigenvalue weighted by molar-refractivity contribution is -0.144. The third-order valence-corrected chi connectivity index (χ3v) is 14.6. The van der Waals surface area contributed by atoms with E-state index in [4.69, 9.17) is 9.47 Å². The van der Waals surface area contributed by atoms with E-state index in [9.17, 15) is 19.5 Å². The van der Waals surface area contributed by atoms with Crippen LogP contribution in [0.2, 0.25) is 0 Å². The van der Waals surface area contributed by atoms with Gasteiger partial charge < -0.3 is 35.1 Å². The second kappa shape index (κ2) is 23.1. The summed E-state index contributed by atoms with van der Waals surface area (Å²) >= 11 is 1.57. The molecule has 3 amide bonds. The van der Waals surface area contributed by atoms with Gasteiger partial charge in [-0.2, -0.15) is 0 Å². The number of alkyl halides is 1. The van der Waals surface area contributed by atoms with Crippen LogP contribution in [-0.2, 0) is 25.5 Å². The minimum absolute atomic E-state index is 0.000273. The number of hydrogen-bond donors (Lipinski definition) is 4. The van der Waals surface area contributed by atoms with Gasteiger partial charge in [0.2, 0.25) is 17.7 Å². The Morgan fingerprint density at radius 1 is 0.944 bits per heavy atom. The van der Waals surface area contributed by atoms with Crippen molar-refractivity contribution in [2.75, 3.05) is 32.9 Å². The molecule has 2 aliphatic rings. The highest BCUT2D eigenvalue weighted by Gasteiger charge is 2.45. The van der Waals surface area contributed by atoms with E-state index in [1.165, 1.54) is 30.9 Å². The maximum absolute atomic E-state index is 16.1. The number of β-amino-alcohol motifs (C(OH)–C–C–N with tert-alkyl or cyclic N) is 1. The van der Waals surface area contributed by atoms with Crippen molar-refractivity contribution in [2.24, 2.45) is 5.41 Å². The number of aliphatic hydroxyl groups is 1. The maximum Gasteiger partial charge on any atom is 0.246 e. The summed E-state index contributed by atoms with van der Waals surface area (Å²) in [5.41, 5.74) is 4.84. The number of likely N-dealkylation sites (tertiary alicyclic amines) is 1. The molecule has 4 heterocycles. The highest BCUT2D eigenvalue weighted by molar-refractivity contribution is 7.13. The molecule has 0 bridgehead atoms. The molecule has 2 aliphatic heterocycles. The monoisotopic (exact) mass is 1000 g/mol. The number of carbonyl (C=O) groups is 3. The number of unbranched alkanes of at least 4 members (excludes halogenated alkanes) is 4. The van der Waals surface area contributed by atoms with E-state index in [0.717, 1.165) is 63.8 Å². The number of H-pyrrole nitrogens is 1. The number of aromatic nitrogens is 2. The molecule has 4 N–H and O–H groups in total. The predicted molar refractivity (Wildman–Crippen MR) is 272 cm³/mol. The number of rotatable bonds is 21. The standard InChI is InChI=1S/C55H71F3N6O6S/c1-33-26-41-40-16-12-13-17-44(40)61-48(41)49(64(33)31-55(7,8)58)47-42(56)28-39(29-43(47)57)70-24-15-11-9-10-14-23-69-25-22-46(66)62-51(54(4,5)6)53(68)63-30-38(65)27-45(63)52(67)60-34(2)36-18-20-37(21-19-36)50-35(3)59-32-71-50/h12-13,16-21,28-29,32-34,38,45,49,51,61,65H,9-11,14-15,22-27,30-31H2,1-8H3,(H,60,67)(H,62,66)/t33-,34?,38-,45+,49-,51?/m1/s1. The Kier molecular flexibility index (Phi) is 17.4. The molecule has 6 atom stereocenters. The van der Waals surface area contributed by atoms with E-state index in [2.05, 4.69) is 20.6 Å². The normalized spacial score (nSPS) is 19.4. The predicted octanol–water partition coefficient (Wildman–Crippen LogP) is 10.1. The summed E-state index contributed by atoms with van der Waals surface area (Å²) in [5, 5.41) is 17.6. The summed E-state index contributed by atoms with van der Waals surface area (Å²) in [7, 11) is 0. The first-order chi connectivity index (χ1) is 33.7. The van der Waals surface area contributed by atoms with E-state index in [1.807, 2.05) is 100 Å². The van der Waals surface area contributed by atoms with E-state index in [-0.39, 0.29) is 74.4 Å². The zero-order valence-corrected chi connectivity index (χ0v) is 43.2. The number of benzene rings is 3. The summed E-state index contributed by atoms with van der Waals surface area (Å²) in [4.78, 5) is 53.0. The van der Waals surface area contributed by atoms with Crippen LogP contribution in [0.3, 0.4) is 0 Å². The van der Waals surface area contributed by atoms with Gasteiger partial charge in [0.25, 0.3) is 0 Å². The smallest absolute Gasteiger partial charge is 0.246 e. The lowest BCUT2D eigenvalue weighted by Gasteiger charge is -2.43. The summed E-state index contributed by atoms with van der Waals surface area (Å²) in [5.74, 6) is -2.53. The zero-order valence-electron chi connectivity index (χ0n) is 42.4. The van der Waals surface area contributed by atoms with Crippen molar-refractivity contribution >= 4 is 40.0 Å². The number of para-hydroxylation sites is 1. The maximum atomic E-state index is 16.1. The highest BCUT2D eigenvalue weighted by Crippen LogP contribution is 2.44. The van der Waals surface area contributed by atoms with Crippen molar-refractivity contribution in [3.05, 3.63) is 106 Å². The van der Waals surface area contributed by atoms with Crippen molar-refractivity contribution in [3.8, 4) is 16.2 Å². The van der Waals surface area contributed by atoms with E-state index in [0.29, 0.717) is 25.1 Å². The van der Waals surface area contributed by atoms with Crippen LogP contribution in [0.15, 0.2) is 66.2 Å². The molecule has 5 aromatic rings. The Labute approximate surface area is 420 Å².